The number of hydrogen-bond acceptors (Lipinski definition) is 3. The van der Waals surface area contributed by atoms with Crippen LogP contribution in [0.3, 0.4) is 0 Å². The maximum atomic E-state index is 8.37. The minimum atomic E-state index is -0.568. The van der Waals surface area contributed by atoms with Gasteiger partial charge in [-0.2, -0.15) is 0 Å². The van der Waals surface area contributed by atoms with Gasteiger partial charge in [0.25, 0.3) is 0 Å². The molecule has 0 bridgehead atoms. The highest BCUT2D eigenvalue weighted by atomic mass is 16.7. The molecular formula is C60O3. The first-order valence-electron chi connectivity index (χ1n) is 23.7. The zero-order valence-electron chi connectivity index (χ0n) is 31.2. The van der Waals surface area contributed by atoms with Crippen LogP contribution in [-0.2, 0) is 47.8 Å². The van der Waals surface area contributed by atoms with Crippen LogP contribution in [0.15, 0.2) is 0 Å². The first-order valence-corrected chi connectivity index (χ1v) is 23.7. The van der Waals surface area contributed by atoms with Crippen molar-refractivity contribution in [2.75, 3.05) is 0 Å². The molecule has 63 heavy (non-hydrogen) atoms. The molecule has 35 rings (SSSR count). The summed E-state index contributed by atoms with van der Waals surface area (Å²) in [5, 5.41) is 67.4. The summed E-state index contributed by atoms with van der Waals surface area (Å²) < 4.78 is 25.0. The fourth-order valence-electron chi connectivity index (χ4n) is 25.6. The van der Waals surface area contributed by atoms with E-state index in [-0.39, 0.29) is 0 Å². The second-order valence-electron chi connectivity index (χ2n) is 24.6. The fourth-order valence-corrected chi connectivity index (χ4v) is 25.6. The first kappa shape index (κ1) is 21.3. The molecule has 6 spiro atoms. The highest BCUT2D eigenvalue weighted by Crippen LogP contribution is 3.02. The van der Waals surface area contributed by atoms with Crippen LogP contribution in [0.1, 0.15) is 55.6 Å². The molecule has 22 aromatic carbocycles. The lowest BCUT2D eigenvalue weighted by molar-refractivity contribution is 0.164. The molecule has 13 aliphatic rings. The van der Waals surface area contributed by atoms with Crippen molar-refractivity contribution in [3.05, 3.63) is 55.6 Å². The summed E-state index contributed by atoms with van der Waals surface area (Å²) in [6.07, 6.45) is 0. The molecule has 6 atom stereocenters. The zero-order valence-corrected chi connectivity index (χ0v) is 31.2. The predicted octanol–water partition coefficient (Wildman–Crippen LogP) is 13.5. The molecule has 3 heterocycles. The number of epoxide rings is 3. The van der Waals surface area contributed by atoms with E-state index in [1.807, 2.05) is 0 Å². The predicted molar refractivity (Wildman–Crippen MR) is 244 cm³/mol. The maximum absolute atomic E-state index is 8.37. The molecule has 258 valence electrons. The van der Waals surface area contributed by atoms with Gasteiger partial charge in [-0.25, -0.2) is 0 Å². The molecule has 3 fully saturated rings. The van der Waals surface area contributed by atoms with Crippen molar-refractivity contribution in [3.63, 3.8) is 0 Å². The molecule has 3 aliphatic heterocycles. The van der Waals surface area contributed by atoms with Crippen LogP contribution in [-0.4, -0.2) is 0 Å². The van der Waals surface area contributed by atoms with Gasteiger partial charge in [0, 0.05) is 55.6 Å². The Labute approximate surface area is 339 Å². The average molecular weight is 769 g/mol. The van der Waals surface area contributed by atoms with Crippen LogP contribution in [0.5, 0.6) is 0 Å². The van der Waals surface area contributed by atoms with E-state index in [0.717, 1.165) is 0 Å². The topological polar surface area (TPSA) is 37.6 Å². The molecule has 3 heteroatoms. The lowest BCUT2D eigenvalue weighted by atomic mass is 9.58. The third-order valence-corrected chi connectivity index (χ3v) is 25.3. The third kappa shape index (κ3) is 0.935. The summed E-state index contributed by atoms with van der Waals surface area (Å²) in [4.78, 5) is 0. The maximum Gasteiger partial charge on any atom is 0.170 e. The van der Waals surface area contributed by atoms with Crippen LogP contribution in [0, 0.1) is 0 Å². The molecule has 10 aliphatic carbocycles. The highest BCUT2D eigenvalue weighted by molar-refractivity contribution is 6.77. The Morgan fingerprint density at radius 3 is 0.762 bits per heavy atom. The Morgan fingerprint density at radius 1 is 0.143 bits per heavy atom. The summed E-state index contributed by atoms with van der Waals surface area (Å²) in [5.41, 5.74) is 15.5. The molecule has 0 radical (unpaired) electrons. The van der Waals surface area contributed by atoms with Gasteiger partial charge in [0.05, 0.1) is 0 Å². The largest absolute Gasteiger partial charge is 0.343 e. The molecule has 0 N–H and O–H groups in total. The van der Waals surface area contributed by atoms with Crippen molar-refractivity contribution < 1.29 is 14.2 Å². The van der Waals surface area contributed by atoms with E-state index in [1.165, 1.54) is 0 Å². The Hall–Kier alpha value is -7.14. The number of ether oxygens (including phenoxy) is 3. The van der Waals surface area contributed by atoms with Gasteiger partial charge in [-0.1, -0.05) is 0 Å². The average Bonchev–Trinajstić information content (AvgIpc) is 3.57. The quantitative estimate of drug-likeness (QED) is 0.114. The molecule has 22 aromatic rings. The highest BCUT2D eigenvalue weighted by Gasteiger charge is 3.04. The standard InChI is InChI=1S/C60O3/c61-55-45-30-21-12-7-1-2-6-3-5(1)13(21)22-15-10(3)16-23-14(6)24-17-8(2)9-4(7)11-19-25-18(9)28(17)42-51-38(24)33(23)47-35-27(16)26(15)34-40-41(35)53-54-44(49(40)56(55,61)46(34)31(22)30)43-48(55)36(32(45)20(11)12)29(19)37-39(25)52(42)60(58(54,63-60)50(37)43)59(51)57(47,53)62-59. The van der Waals surface area contributed by atoms with Gasteiger partial charge in [-0.05, 0) is 237 Å². The lowest BCUT2D eigenvalue weighted by Crippen LogP contribution is -2.43. The van der Waals surface area contributed by atoms with Crippen molar-refractivity contribution in [2.45, 2.75) is 33.6 Å². The van der Waals surface area contributed by atoms with Crippen LogP contribution in [0.4, 0.5) is 0 Å². The van der Waals surface area contributed by atoms with E-state index < -0.39 is 33.6 Å². The minimum Gasteiger partial charge on any atom is -0.343 e. The zero-order chi connectivity index (χ0) is 36.3. The van der Waals surface area contributed by atoms with Gasteiger partial charge in [0.2, 0.25) is 0 Å². The monoisotopic (exact) mass is 768 g/mol. The fraction of sp³-hybridized carbons (Fsp3) is 0.100. The van der Waals surface area contributed by atoms with Gasteiger partial charge in [-0.15, -0.1) is 0 Å². The van der Waals surface area contributed by atoms with Crippen molar-refractivity contribution in [2.24, 2.45) is 0 Å². The van der Waals surface area contributed by atoms with Crippen LogP contribution >= 0.6 is 0 Å². The van der Waals surface area contributed by atoms with Gasteiger partial charge < -0.3 is 14.2 Å². The van der Waals surface area contributed by atoms with E-state index in [1.54, 1.807) is 293 Å². The van der Waals surface area contributed by atoms with E-state index in [0.29, 0.717) is 0 Å². The van der Waals surface area contributed by atoms with Crippen molar-refractivity contribution in [1.82, 2.24) is 0 Å². The number of rotatable bonds is 0. The molecule has 3 saturated heterocycles. The number of benzene rings is 15. The first-order chi connectivity index (χ1) is 31.3. The van der Waals surface area contributed by atoms with Gasteiger partial charge in [0.1, 0.15) is 0 Å². The van der Waals surface area contributed by atoms with Gasteiger partial charge >= 0.3 is 0 Å². The Bertz CT molecular complexity index is 6860. The van der Waals surface area contributed by atoms with E-state index >= 15 is 0 Å². The molecule has 0 saturated carbocycles. The van der Waals surface area contributed by atoms with Crippen molar-refractivity contribution >= 4 is 226 Å². The second-order valence-corrected chi connectivity index (χ2v) is 24.6. The minimum absolute atomic E-state index is 0.498. The number of hydrogen-bond donors (Lipinski definition) is 0. The van der Waals surface area contributed by atoms with E-state index in [4.69, 9.17) is 14.2 Å². The van der Waals surface area contributed by atoms with Crippen LogP contribution in [0.25, 0.3) is 237 Å². The summed E-state index contributed by atoms with van der Waals surface area (Å²) in [6, 6.07) is 0. The van der Waals surface area contributed by atoms with Crippen molar-refractivity contribution in [3.8, 4) is 11.1 Å². The van der Waals surface area contributed by atoms with Gasteiger partial charge in [0.15, 0.2) is 33.6 Å². The molecule has 0 aromatic heterocycles. The summed E-state index contributed by atoms with van der Waals surface area (Å²) in [7, 11) is 0. The smallest absolute Gasteiger partial charge is 0.170 e. The molecule has 3 nitrogen and oxygen atoms in total. The summed E-state index contributed by atoms with van der Waals surface area (Å²) in [6.45, 7) is 0. The third-order valence-electron chi connectivity index (χ3n) is 25.3. The van der Waals surface area contributed by atoms with E-state index in [9.17, 15) is 0 Å². The van der Waals surface area contributed by atoms with Crippen LogP contribution in [0.2, 0.25) is 0 Å². The Morgan fingerprint density at radius 2 is 0.365 bits per heavy atom. The summed E-state index contributed by atoms with van der Waals surface area (Å²) >= 11 is 0. The Balaban J connectivity index is 1.24. The normalized spacial score (nSPS) is 34.9. The van der Waals surface area contributed by atoms with Crippen LogP contribution < -0.4 is 0 Å². The summed E-state index contributed by atoms with van der Waals surface area (Å²) in [5.74, 6) is 0. The van der Waals surface area contributed by atoms with E-state index in [2.05, 4.69) is 0 Å². The molecular weight excluding hydrogens is 769 g/mol. The SMILES string of the molecule is O1C23c4c5c6c7c8c4c4c2c2c9c%10c%11c%12c(c-5c5c%13c%14c%15c%16c%17c%18c%19c(c8c8c4c4c2c2c9c9c%11c%11c(c%13%12)c%14c%12c%16c%13c%18c%14c%19c8c4c4c%14c8c%13c%12c%11c9c8c24)C72OC%172C%152OC652)C1%103. The molecule has 0 amide bonds. The Kier molecular flexibility index (Phi) is 1.43. The van der Waals surface area contributed by atoms with Crippen molar-refractivity contribution in [1.29, 1.82) is 0 Å². The molecule has 6 unspecified atom stereocenters. The van der Waals surface area contributed by atoms with Gasteiger partial charge in [-0.3, -0.25) is 0 Å². The second kappa shape index (κ2) is 4.23. The lowest BCUT2D eigenvalue weighted by Gasteiger charge is -2.34.